The fraction of sp³-hybridized carbons (Fsp3) is 0.417. The van der Waals surface area contributed by atoms with Crippen molar-refractivity contribution in [2.45, 2.75) is 18.7 Å². The summed E-state index contributed by atoms with van der Waals surface area (Å²) in [6, 6.07) is 4.94. The second-order valence-corrected chi connectivity index (χ2v) is 4.06. The van der Waals surface area contributed by atoms with Crippen LogP contribution in [0.4, 0.5) is 0 Å². The highest BCUT2D eigenvalue weighted by molar-refractivity contribution is 5.88. The average Bonchev–Trinajstić information content (AvgIpc) is 2.37. The van der Waals surface area contributed by atoms with Crippen LogP contribution in [-0.4, -0.2) is 31.0 Å². The Morgan fingerprint density at radius 3 is 2.71 bits per heavy atom. The Bertz CT molecular complexity index is 441. The van der Waals surface area contributed by atoms with E-state index >= 15 is 0 Å². The van der Waals surface area contributed by atoms with Crippen LogP contribution in [-0.2, 0) is 6.42 Å². The summed E-state index contributed by atoms with van der Waals surface area (Å²) in [5, 5.41) is 15.1. The van der Waals surface area contributed by atoms with Crippen molar-refractivity contribution in [1.29, 1.82) is 0 Å². The number of rotatable bonds is 3. The third kappa shape index (κ3) is 2.11. The van der Waals surface area contributed by atoms with Gasteiger partial charge in [0.15, 0.2) is 0 Å². The van der Waals surface area contributed by atoms with Gasteiger partial charge in [-0.25, -0.2) is 4.79 Å². The molecule has 3 N–H and O–H groups in total. The second-order valence-electron chi connectivity index (χ2n) is 4.06. The molecule has 1 heterocycles. The van der Waals surface area contributed by atoms with Crippen LogP contribution in [0.5, 0.6) is 5.75 Å². The summed E-state index contributed by atoms with van der Waals surface area (Å²) >= 11 is 0. The zero-order valence-electron chi connectivity index (χ0n) is 9.91. The van der Waals surface area contributed by atoms with Gasteiger partial charge < -0.3 is 9.84 Å². The molecule has 0 saturated carbocycles. The maximum Gasteiger partial charge on any atom is 0.335 e. The van der Waals surface area contributed by atoms with Crippen molar-refractivity contribution in [3.8, 4) is 5.75 Å². The van der Waals surface area contributed by atoms with Gasteiger partial charge in [0.2, 0.25) is 5.85 Å². The molecule has 2 rings (SSSR count). The molecule has 0 unspecified atom stereocenters. The maximum atomic E-state index is 10.9. The highest BCUT2D eigenvalue weighted by Gasteiger charge is 2.33. The minimum absolute atomic E-state index is 0.300. The molecule has 0 aromatic heterocycles. The summed E-state index contributed by atoms with van der Waals surface area (Å²) in [6.07, 6.45) is 1.52. The van der Waals surface area contributed by atoms with E-state index in [9.17, 15) is 4.79 Å². The predicted molar refractivity (Wildman–Crippen MR) is 63.2 cm³/mol. The molecule has 0 amide bonds. The molecule has 1 aromatic carbocycles. The Kier molecular flexibility index (Phi) is 3.04. The zero-order chi connectivity index (χ0) is 12.5. The summed E-state index contributed by atoms with van der Waals surface area (Å²) < 4.78 is 5.84. The molecule has 0 radical (unpaired) electrons. The first-order chi connectivity index (χ1) is 8.10. The third-order valence-electron chi connectivity index (χ3n) is 3.15. The average molecular weight is 236 g/mol. The lowest BCUT2D eigenvalue weighted by Crippen LogP contribution is -2.60. The SMILES string of the molecule is CNC1(NC)CCc2cc(C(=O)O)ccc2O1. The Balaban J connectivity index is 2.31. The monoisotopic (exact) mass is 236 g/mol. The van der Waals surface area contributed by atoms with Gasteiger partial charge >= 0.3 is 5.97 Å². The molecular formula is C12H16N2O3. The molecule has 5 nitrogen and oxygen atoms in total. The topological polar surface area (TPSA) is 70.6 Å². The van der Waals surface area contributed by atoms with Crippen LogP contribution in [0.15, 0.2) is 18.2 Å². The summed E-state index contributed by atoms with van der Waals surface area (Å²) in [6.45, 7) is 0. The lowest BCUT2D eigenvalue weighted by molar-refractivity contribution is -0.00649. The van der Waals surface area contributed by atoms with E-state index in [-0.39, 0.29) is 0 Å². The van der Waals surface area contributed by atoms with Gasteiger partial charge in [-0.3, -0.25) is 10.6 Å². The van der Waals surface area contributed by atoms with Gasteiger partial charge in [-0.05, 0) is 44.3 Å². The van der Waals surface area contributed by atoms with Crippen LogP contribution in [0.25, 0.3) is 0 Å². The van der Waals surface area contributed by atoms with E-state index in [1.807, 2.05) is 14.1 Å². The van der Waals surface area contributed by atoms with Crippen molar-refractivity contribution in [3.63, 3.8) is 0 Å². The van der Waals surface area contributed by atoms with Gasteiger partial charge in [0.1, 0.15) is 5.75 Å². The fourth-order valence-corrected chi connectivity index (χ4v) is 2.03. The number of aryl methyl sites for hydroxylation is 1. The number of hydrogen-bond acceptors (Lipinski definition) is 4. The molecule has 92 valence electrons. The fourth-order valence-electron chi connectivity index (χ4n) is 2.03. The number of carbonyl (C=O) groups is 1. The minimum Gasteiger partial charge on any atom is -0.478 e. The number of carboxylic acid groups (broad SMARTS) is 1. The molecule has 1 aliphatic rings. The first kappa shape index (κ1) is 11.9. The normalized spacial score (nSPS) is 17.1. The maximum absolute atomic E-state index is 10.9. The summed E-state index contributed by atoms with van der Waals surface area (Å²) in [5.74, 6) is -0.741. The highest BCUT2D eigenvalue weighted by atomic mass is 16.5. The first-order valence-corrected chi connectivity index (χ1v) is 5.53. The molecule has 0 fully saturated rings. The zero-order valence-corrected chi connectivity index (χ0v) is 9.91. The molecule has 0 saturated heterocycles. The molecule has 1 aliphatic heterocycles. The van der Waals surface area contributed by atoms with Crippen LogP contribution in [0, 0.1) is 0 Å². The number of aromatic carboxylic acids is 1. The number of nitrogens with one attached hydrogen (secondary N) is 2. The molecule has 0 atom stereocenters. The van der Waals surface area contributed by atoms with Crippen molar-refractivity contribution in [1.82, 2.24) is 10.6 Å². The van der Waals surface area contributed by atoms with Crippen LogP contribution >= 0.6 is 0 Å². The van der Waals surface area contributed by atoms with Gasteiger partial charge in [-0.15, -0.1) is 0 Å². The third-order valence-corrected chi connectivity index (χ3v) is 3.15. The van der Waals surface area contributed by atoms with E-state index < -0.39 is 11.8 Å². The molecule has 0 aliphatic carbocycles. The van der Waals surface area contributed by atoms with E-state index in [0.717, 1.165) is 24.2 Å². The molecule has 0 spiro atoms. The van der Waals surface area contributed by atoms with Crippen molar-refractivity contribution < 1.29 is 14.6 Å². The quantitative estimate of drug-likeness (QED) is 0.677. The standard InChI is InChI=1S/C12H16N2O3/c1-13-12(14-2)6-5-8-7-9(11(15)16)3-4-10(8)17-12/h3-4,7,13-14H,5-6H2,1-2H3,(H,15,16). The van der Waals surface area contributed by atoms with Crippen LogP contribution in [0.2, 0.25) is 0 Å². The summed E-state index contributed by atoms with van der Waals surface area (Å²) in [7, 11) is 3.65. The number of carboxylic acids is 1. The first-order valence-electron chi connectivity index (χ1n) is 5.53. The predicted octanol–water partition coefficient (Wildman–Crippen LogP) is 0.802. The largest absolute Gasteiger partial charge is 0.478 e. The Morgan fingerprint density at radius 2 is 2.12 bits per heavy atom. The van der Waals surface area contributed by atoms with Crippen molar-refractivity contribution >= 4 is 5.97 Å². The van der Waals surface area contributed by atoms with Gasteiger partial charge in [0.25, 0.3) is 0 Å². The van der Waals surface area contributed by atoms with Crippen molar-refractivity contribution in [2.24, 2.45) is 0 Å². The van der Waals surface area contributed by atoms with E-state index in [0.29, 0.717) is 5.56 Å². The van der Waals surface area contributed by atoms with Gasteiger partial charge in [-0.2, -0.15) is 0 Å². The van der Waals surface area contributed by atoms with E-state index in [1.165, 1.54) is 0 Å². The minimum atomic E-state index is -0.910. The van der Waals surface area contributed by atoms with Crippen molar-refractivity contribution in [2.75, 3.05) is 14.1 Å². The van der Waals surface area contributed by atoms with E-state index in [2.05, 4.69) is 10.6 Å². The Labute approximate surface area is 99.8 Å². The van der Waals surface area contributed by atoms with Gasteiger partial charge in [-0.1, -0.05) is 0 Å². The smallest absolute Gasteiger partial charge is 0.335 e. The van der Waals surface area contributed by atoms with Gasteiger partial charge in [0, 0.05) is 6.42 Å². The summed E-state index contributed by atoms with van der Waals surface area (Å²) in [5.41, 5.74) is 1.24. The number of fused-ring (bicyclic) bond motifs is 1. The van der Waals surface area contributed by atoms with E-state index in [4.69, 9.17) is 9.84 Å². The van der Waals surface area contributed by atoms with Gasteiger partial charge in [0.05, 0.1) is 5.56 Å². The lowest BCUT2D eigenvalue weighted by Gasteiger charge is -2.38. The van der Waals surface area contributed by atoms with E-state index in [1.54, 1.807) is 18.2 Å². The molecule has 1 aromatic rings. The number of benzene rings is 1. The van der Waals surface area contributed by atoms with Crippen LogP contribution < -0.4 is 15.4 Å². The highest BCUT2D eigenvalue weighted by Crippen LogP contribution is 2.31. The number of ether oxygens (including phenoxy) is 1. The lowest BCUT2D eigenvalue weighted by atomic mass is 10.00. The molecule has 0 bridgehead atoms. The van der Waals surface area contributed by atoms with Crippen LogP contribution in [0.3, 0.4) is 0 Å². The molecular weight excluding hydrogens is 220 g/mol. The number of hydrogen-bond donors (Lipinski definition) is 3. The Hall–Kier alpha value is -1.59. The molecule has 17 heavy (non-hydrogen) atoms. The second kappa shape index (κ2) is 4.35. The molecule has 5 heteroatoms. The van der Waals surface area contributed by atoms with Crippen LogP contribution in [0.1, 0.15) is 22.3 Å². The Morgan fingerprint density at radius 1 is 1.41 bits per heavy atom. The van der Waals surface area contributed by atoms with Crippen molar-refractivity contribution in [3.05, 3.63) is 29.3 Å². The summed E-state index contributed by atoms with van der Waals surface area (Å²) in [4.78, 5) is 10.9.